The van der Waals surface area contributed by atoms with Gasteiger partial charge in [-0.15, -0.1) is 0 Å². The molecule has 0 radical (unpaired) electrons. The quantitative estimate of drug-likeness (QED) is 0.0234. The molecule has 7 N–H and O–H groups in total. The van der Waals surface area contributed by atoms with E-state index in [4.69, 9.17) is 9.47 Å². The van der Waals surface area contributed by atoms with Crippen molar-refractivity contribution in [2.45, 2.75) is 281 Å². The smallest absolute Gasteiger partial charge is 0.249 e. The van der Waals surface area contributed by atoms with Gasteiger partial charge in [0.25, 0.3) is 0 Å². The molecule has 1 fully saturated rings. The molecule has 1 amide bonds. The first-order valence-corrected chi connectivity index (χ1v) is 25.0. The van der Waals surface area contributed by atoms with E-state index >= 15 is 0 Å². The molecule has 0 aromatic rings. The number of hydrogen-bond donors (Lipinski definition) is 7. The fraction of sp³-hybridized carbons (Fsp3) is 0.939. The minimum absolute atomic E-state index is 0.301. The summed E-state index contributed by atoms with van der Waals surface area (Å²) >= 11 is 0. The van der Waals surface area contributed by atoms with Gasteiger partial charge >= 0.3 is 0 Å². The molecular formula is C49H95NO9. The number of amides is 1. The van der Waals surface area contributed by atoms with Crippen LogP contribution in [0.25, 0.3) is 0 Å². The van der Waals surface area contributed by atoms with Crippen molar-refractivity contribution in [3.8, 4) is 0 Å². The van der Waals surface area contributed by atoms with Gasteiger partial charge in [-0.3, -0.25) is 4.79 Å². The third-order valence-electron chi connectivity index (χ3n) is 12.2. The molecule has 10 heteroatoms. The average Bonchev–Trinajstić information content (AvgIpc) is 3.23. The molecule has 0 saturated carbocycles. The van der Waals surface area contributed by atoms with Crippen LogP contribution >= 0.6 is 0 Å². The Labute approximate surface area is 361 Å². The van der Waals surface area contributed by atoms with Gasteiger partial charge in [0.15, 0.2) is 6.29 Å². The van der Waals surface area contributed by atoms with E-state index in [-0.39, 0.29) is 6.61 Å². The van der Waals surface area contributed by atoms with Gasteiger partial charge in [-0.25, -0.2) is 0 Å². The third kappa shape index (κ3) is 29.8. The van der Waals surface area contributed by atoms with Crippen LogP contribution in [0.2, 0.25) is 0 Å². The van der Waals surface area contributed by atoms with Crippen LogP contribution in [-0.4, -0.2) is 98.7 Å². The molecule has 1 rings (SSSR count). The van der Waals surface area contributed by atoms with Crippen molar-refractivity contribution in [1.82, 2.24) is 5.32 Å². The van der Waals surface area contributed by atoms with Crippen molar-refractivity contribution in [3.05, 3.63) is 12.2 Å². The molecule has 0 aromatic carbocycles. The molecule has 1 saturated heterocycles. The number of rotatable bonds is 42. The Kier molecular flexibility index (Phi) is 37.6. The van der Waals surface area contributed by atoms with Gasteiger partial charge in [0.2, 0.25) is 5.91 Å². The second-order valence-electron chi connectivity index (χ2n) is 17.8. The number of aliphatic hydroxyl groups excluding tert-OH is 6. The van der Waals surface area contributed by atoms with E-state index in [2.05, 4.69) is 19.2 Å². The van der Waals surface area contributed by atoms with E-state index in [1.807, 2.05) is 6.08 Å². The summed E-state index contributed by atoms with van der Waals surface area (Å²) in [6, 6.07) is -0.975. The summed E-state index contributed by atoms with van der Waals surface area (Å²) in [5.74, 6) is -0.612. The molecular weight excluding hydrogens is 747 g/mol. The molecule has 8 unspecified atom stereocenters. The summed E-state index contributed by atoms with van der Waals surface area (Å²) in [5.41, 5.74) is 0. The van der Waals surface area contributed by atoms with Crippen LogP contribution in [0.4, 0.5) is 0 Å². The van der Waals surface area contributed by atoms with Gasteiger partial charge in [-0.05, 0) is 19.3 Å². The van der Waals surface area contributed by atoms with Gasteiger partial charge in [-0.1, -0.05) is 225 Å². The number of carbonyl (C=O) groups is 1. The summed E-state index contributed by atoms with van der Waals surface area (Å²) in [7, 11) is 0. The maximum atomic E-state index is 13.1. The minimum Gasteiger partial charge on any atom is -0.394 e. The topological polar surface area (TPSA) is 169 Å². The lowest BCUT2D eigenvalue weighted by atomic mass is 9.99. The molecule has 1 aliphatic rings. The summed E-state index contributed by atoms with van der Waals surface area (Å²) in [5, 5.41) is 64.8. The van der Waals surface area contributed by atoms with Crippen molar-refractivity contribution in [3.63, 3.8) is 0 Å². The Bertz CT molecular complexity index is 952. The number of hydrogen-bond acceptors (Lipinski definition) is 9. The van der Waals surface area contributed by atoms with E-state index in [9.17, 15) is 35.4 Å². The van der Waals surface area contributed by atoms with Crippen molar-refractivity contribution in [2.75, 3.05) is 13.2 Å². The highest BCUT2D eigenvalue weighted by Crippen LogP contribution is 2.23. The highest BCUT2D eigenvalue weighted by atomic mass is 16.7. The first-order valence-electron chi connectivity index (χ1n) is 25.0. The third-order valence-corrected chi connectivity index (χ3v) is 12.2. The SMILES string of the molecule is CCCCCCCCCCCCCCC/C=C/C(O)C(COC1OC(CO)C(O)C(O)C1O)NC(=O)C(O)CCCCCCCCCCCCCCCCCCCCC. The predicted octanol–water partition coefficient (Wildman–Crippen LogP) is 9.87. The van der Waals surface area contributed by atoms with Gasteiger partial charge in [-0.2, -0.15) is 0 Å². The number of carbonyl (C=O) groups excluding carboxylic acids is 1. The highest BCUT2D eigenvalue weighted by Gasteiger charge is 2.44. The van der Waals surface area contributed by atoms with Crippen molar-refractivity contribution in [1.29, 1.82) is 0 Å². The monoisotopic (exact) mass is 842 g/mol. The van der Waals surface area contributed by atoms with Crippen LogP contribution in [0.1, 0.15) is 232 Å². The van der Waals surface area contributed by atoms with E-state index in [0.717, 1.165) is 44.9 Å². The first-order chi connectivity index (χ1) is 28.8. The van der Waals surface area contributed by atoms with Crippen molar-refractivity contribution < 1.29 is 44.9 Å². The van der Waals surface area contributed by atoms with E-state index in [1.54, 1.807) is 6.08 Å². The maximum absolute atomic E-state index is 13.1. The van der Waals surface area contributed by atoms with Crippen molar-refractivity contribution >= 4 is 5.91 Å². The Morgan fingerprint density at radius 2 is 0.966 bits per heavy atom. The normalized spacial score (nSPS) is 21.3. The molecule has 350 valence electrons. The number of unbranched alkanes of at least 4 members (excludes halogenated alkanes) is 31. The van der Waals surface area contributed by atoms with E-state index in [1.165, 1.54) is 167 Å². The second kappa shape index (κ2) is 39.7. The summed E-state index contributed by atoms with van der Waals surface area (Å²) in [6.07, 6.45) is 35.8. The highest BCUT2D eigenvalue weighted by molar-refractivity contribution is 5.80. The van der Waals surface area contributed by atoms with Crippen molar-refractivity contribution in [2.24, 2.45) is 0 Å². The van der Waals surface area contributed by atoms with Gasteiger partial charge in [0.1, 0.15) is 30.5 Å². The zero-order valence-electron chi connectivity index (χ0n) is 38.1. The van der Waals surface area contributed by atoms with Crippen LogP contribution in [0, 0.1) is 0 Å². The molecule has 1 aliphatic heterocycles. The lowest BCUT2D eigenvalue weighted by molar-refractivity contribution is -0.302. The number of ether oxygens (including phenoxy) is 2. The molecule has 10 nitrogen and oxygen atoms in total. The fourth-order valence-electron chi connectivity index (χ4n) is 8.11. The molecule has 1 heterocycles. The summed E-state index contributed by atoms with van der Waals surface area (Å²) in [6.45, 7) is 3.63. The molecule has 0 aliphatic carbocycles. The van der Waals surface area contributed by atoms with Gasteiger partial charge < -0.3 is 45.4 Å². The number of nitrogens with one attached hydrogen (secondary N) is 1. The Morgan fingerprint density at radius 3 is 1.37 bits per heavy atom. The largest absolute Gasteiger partial charge is 0.394 e. The number of allylic oxidation sites excluding steroid dienone is 1. The number of aliphatic hydroxyl groups is 6. The molecule has 0 spiro atoms. The Hall–Kier alpha value is -1.11. The van der Waals surface area contributed by atoms with Crippen LogP contribution < -0.4 is 5.32 Å². The lowest BCUT2D eigenvalue weighted by Crippen LogP contribution is -2.60. The molecule has 0 bridgehead atoms. The van der Waals surface area contributed by atoms with E-state index < -0.39 is 61.5 Å². The lowest BCUT2D eigenvalue weighted by Gasteiger charge is -2.40. The Morgan fingerprint density at radius 1 is 0.576 bits per heavy atom. The van der Waals surface area contributed by atoms with Crippen LogP contribution in [0.15, 0.2) is 12.2 Å². The molecule has 8 atom stereocenters. The van der Waals surface area contributed by atoms with Gasteiger partial charge in [0, 0.05) is 0 Å². The average molecular weight is 842 g/mol. The summed E-state index contributed by atoms with van der Waals surface area (Å²) < 4.78 is 11.2. The second-order valence-corrected chi connectivity index (χ2v) is 17.8. The molecule has 59 heavy (non-hydrogen) atoms. The summed E-state index contributed by atoms with van der Waals surface area (Å²) in [4.78, 5) is 13.1. The zero-order chi connectivity index (χ0) is 43.2. The maximum Gasteiger partial charge on any atom is 0.249 e. The van der Waals surface area contributed by atoms with Crippen LogP contribution in [-0.2, 0) is 14.3 Å². The van der Waals surface area contributed by atoms with Crippen LogP contribution in [0.3, 0.4) is 0 Å². The predicted molar refractivity (Wildman–Crippen MR) is 241 cm³/mol. The first kappa shape index (κ1) is 55.9. The zero-order valence-corrected chi connectivity index (χ0v) is 38.1. The van der Waals surface area contributed by atoms with Gasteiger partial charge in [0.05, 0.1) is 25.4 Å². The fourth-order valence-corrected chi connectivity index (χ4v) is 8.11. The molecule has 0 aromatic heterocycles. The minimum atomic E-state index is -1.61. The standard InChI is InChI=1S/C49H95NO9/c1-3-5-7-9-11-13-15-17-19-20-21-22-24-26-28-30-32-34-36-38-43(53)48(57)50-41(40-58-49-47(56)46(55)45(54)44(39-51)59-49)42(52)37-35-33-31-29-27-25-23-18-16-14-12-10-8-6-4-2/h35,37,41-47,49,51-56H,3-34,36,38-40H2,1-2H3,(H,50,57)/b37-35+. The Balaban J connectivity index is 2.35. The van der Waals surface area contributed by atoms with E-state index in [0.29, 0.717) is 6.42 Å². The van der Waals surface area contributed by atoms with Crippen LogP contribution in [0.5, 0.6) is 0 Å².